The Kier molecular flexibility index (Phi) is 5.71. The average Bonchev–Trinajstić information content (AvgIpc) is 2.62. The number of hydrogen-bond donors (Lipinski definition) is 0. The molecule has 1 aliphatic heterocycles. The van der Waals surface area contributed by atoms with Gasteiger partial charge in [0.05, 0.1) is 12.0 Å². The van der Waals surface area contributed by atoms with E-state index in [1.807, 2.05) is 13.8 Å². The monoisotopic (exact) mass is 412 g/mol. The largest absolute Gasteiger partial charge is 0.461 e. The molecule has 0 spiro atoms. The number of aliphatic imine (C=N–C) groups is 1. The molecule has 156 valence electrons. The highest BCUT2D eigenvalue weighted by molar-refractivity contribution is 6.03. The summed E-state index contributed by atoms with van der Waals surface area (Å²) in [6.45, 7) is 8.60. The second kappa shape index (κ2) is 7.94. The molecule has 2 heterocycles. The highest BCUT2D eigenvalue weighted by atomic mass is 19.2. The summed E-state index contributed by atoms with van der Waals surface area (Å²) in [5, 5.41) is 9.31. The molecule has 2 unspecified atom stereocenters. The molecular formula is C23H22F2N2O3. The van der Waals surface area contributed by atoms with Crippen LogP contribution in [-0.4, -0.2) is 11.5 Å². The second-order valence-corrected chi connectivity index (χ2v) is 8.04. The fourth-order valence-corrected chi connectivity index (χ4v) is 4.02. The van der Waals surface area contributed by atoms with Crippen LogP contribution in [0, 0.1) is 41.7 Å². The standard InChI is InChI=1S/C23H22F2N2O3/c1-10(2)6-17(28)19-13(5)27-12(4)15(9-26)20(19)14-8-16(24)22(25)21-18(29)7-11(3)30-23(14)21/h7-8,10,15,20H,6H2,1-5H3. The maximum absolute atomic E-state index is 14.5. The zero-order valence-electron chi connectivity index (χ0n) is 17.5. The lowest BCUT2D eigenvalue weighted by atomic mass is 9.73. The number of nitrogens with zero attached hydrogens (tertiary/aromatic N) is 2. The first-order valence-corrected chi connectivity index (χ1v) is 9.67. The molecule has 0 fully saturated rings. The average molecular weight is 412 g/mol. The molecule has 0 amide bonds. The van der Waals surface area contributed by atoms with Crippen molar-refractivity contribution in [2.24, 2.45) is 16.8 Å². The molecule has 3 rings (SSSR count). The van der Waals surface area contributed by atoms with Crippen molar-refractivity contribution >= 4 is 22.5 Å². The van der Waals surface area contributed by atoms with Gasteiger partial charge in [-0.15, -0.1) is 0 Å². The van der Waals surface area contributed by atoms with Gasteiger partial charge in [0.2, 0.25) is 0 Å². The van der Waals surface area contributed by atoms with Crippen LogP contribution >= 0.6 is 0 Å². The van der Waals surface area contributed by atoms with Crippen LogP contribution in [0.5, 0.6) is 0 Å². The SMILES string of the molecule is CC1=NC(C)=C(C(=O)CC(C)C)C(c2cc(F)c(F)c3c(=O)cc(C)oc23)C1C#N. The summed E-state index contributed by atoms with van der Waals surface area (Å²) in [6, 6.07) is 4.14. The maximum Gasteiger partial charge on any atom is 0.196 e. The van der Waals surface area contributed by atoms with E-state index < -0.39 is 34.3 Å². The zero-order valence-corrected chi connectivity index (χ0v) is 17.5. The molecule has 5 nitrogen and oxygen atoms in total. The number of benzene rings is 1. The second-order valence-electron chi connectivity index (χ2n) is 8.04. The Morgan fingerprint density at radius 3 is 2.53 bits per heavy atom. The summed E-state index contributed by atoms with van der Waals surface area (Å²) < 4.78 is 34.7. The summed E-state index contributed by atoms with van der Waals surface area (Å²) >= 11 is 0. The van der Waals surface area contributed by atoms with Gasteiger partial charge >= 0.3 is 0 Å². The van der Waals surface area contributed by atoms with Crippen LogP contribution in [0.25, 0.3) is 11.0 Å². The highest BCUT2D eigenvalue weighted by Crippen LogP contribution is 2.43. The summed E-state index contributed by atoms with van der Waals surface area (Å²) in [4.78, 5) is 29.9. The van der Waals surface area contributed by atoms with E-state index in [0.717, 1.165) is 12.1 Å². The van der Waals surface area contributed by atoms with Gasteiger partial charge in [0.25, 0.3) is 0 Å². The Labute approximate surface area is 172 Å². The van der Waals surface area contributed by atoms with Crippen LogP contribution in [0.4, 0.5) is 8.78 Å². The minimum Gasteiger partial charge on any atom is -0.461 e. The van der Waals surface area contributed by atoms with Crippen molar-refractivity contribution in [2.75, 3.05) is 0 Å². The van der Waals surface area contributed by atoms with E-state index in [1.54, 1.807) is 13.8 Å². The number of ketones is 1. The first kappa shape index (κ1) is 21.6. The van der Waals surface area contributed by atoms with Crippen molar-refractivity contribution in [3.63, 3.8) is 0 Å². The summed E-state index contributed by atoms with van der Waals surface area (Å²) in [5.41, 5.74) is 0.352. The lowest BCUT2D eigenvalue weighted by molar-refractivity contribution is -0.116. The van der Waals surface area contributed by atoms with Crippen molar-refractivity contribution < 1.29 is 18.0 Å². The molecule has 30 heavy (non-hydrogen) atoms. The van der Waals surface area contributed by atoms with E-state index in [4.69, 9.17) is 4.42 Å². The van der Waals surface area contributed by atoms with Gasteiger partial charge in [0.1, 0.15) is 16.7 Å². The number of hydrogen-bond acceptors (Lipinski definition) is 5. The summed E-state index contributed by atoms with van der Waals surface area (Å²) in [7, 11) is 0. The molecule has 0 bridgehead atoms. The number of allylic oxidation sites excluding steroid dienone is 2. The lowest BCUT2D eigenvalue weighted by Gasteiger charge is -2.30. The number of halogens is 2. The Balaban J connectivity index is 2.41. The Hall–Kier alpha value is -3.14. The van der Waals surface area contributed by atoms with E-state index >= 15 is 0 Å². The lowest BCUT2D eigenvalue weighted by Crippen LogP contribution is -2.29. The fraction of sp³-hybridized carbons (Fsp3) is 0.391. The quantitative estimate of drug-likeness (QED) is 0.710. The van der Waals surface area contributed by atoms with Gasteiger partial charge in [-0.25, -0.2) is 8.78 Å². The number of Topliss-reactive ketones (excluding diaryl/α,β-unsaturated/α-hetero) is 1. The molecule has 0 saturated carbocycles. The molecule has 0 saturated heterocycles. The Morgan fingerprint density at radius 2 is 1.93 bits per heavy atom. The van der Waals surface area contributed by atoms with Crippen molar-refractivity contribution in [1.82, 2.24) is 0 Å². The fourth-order valence-electron chi connectivity index (χ4n) is 4.02. The highest BCUT2D eigenvalue weighted by Gasteiger charge is 2.39. The van der Waals surface area contributed by atoms with Crippen LogP contribution in [0.2, 0.25) is 0 Å². The van der Waals surface area contributed by atoms with Gasteiger partial charge in [-0.1, -0.05) is 13.8 Å². The molecule has 0 N–H and O–H groups in total. The van der Waals surface area contributed by atoms with Crippen molar-refractivity contribution in [3.05, 3.63) is 56.6 Å². The van der Waals surface area contributed by atoms with Crippen LogP contribution < -0.4 is 5.43 Å². The predicted octanol–water partition coefficient (Wildman–Crippen LogP) is 4.97. The number of nitriles is 1. The summed E-state index contributed by atoms with van der Waals surface area (Å²) in [5.74, 6) is -4.33. The number of rotatable bonds is 4. The van der Waals surface area contributed by atoms with E-state index in [0.29, 0.717) is 11.4 Å². The smallest absolute Gasteiger partial charge is 0.196 e. The maximum atomic E-state index is 14.5. The Morgan fingerprint density at radius 1 is 1.27 bits per heavy atom. The molecule has 2 atom stereocenters. The van der Waals surface area contributed by atoms with Gasteiger partial charge in [0.15, 0.2) is 22.8 Å². The third kappa shape index (κ3) is 3.58. The van der Waals surface area contributed by atoms with E-state index in [2.05, 4.69) is 11.1 Å². The van der Waals surface area contributed by atoms with Gasteiger partial charge < -0.3 is 4.42 Å². The minimum atomic E-state index is -1.31. The van der Waals surface area contributed by atoms with Crippen LogP contribution in [0.15, 0.2) is 37.6 Å². The van der Waals surface area contributed by atoms with Crippen molar-refractivity contribution in [1.29, 1.82) is 5.26 Å². The van der Waals surface area contributed by atoms with Gasteiger partial charge in [0, 0.05) is 41.0 Å². The zero-order chi connectivity index (χ0) is 22.3. The number of aryl methyl sites for hydroxylation is 1. The van der Waals surface area contributed by atoms with Crippen LogP contribution in [0.1, 0.15) is 51.4 Å². The predicted molar refractivity (Wildman–Crippen MR) is 109 cm³/mol. The molecule has 0 aliphatic carbocycles. The first-order valence-electron chi connectivity index (χ1n) is 9.67. The summed E-state index contributed by atoms with van der Waals surface area (Å²) in [6.07, 6.45) is 0.209. The molecule has 2 aromatic rings. The molecule has 1 aromatic heterocycles. The third-order valence-corrected chi connectivity index (χ3v) is 5.24. The third-order valence-electron chi connectivity index (χ3n) is 5.24. The Bertz CT molecular complexity index is 1220. The van der Waals surface area contributed by atoms with Crippen LogP contribution in [0.3, 0.4) is 0 Å². The van der Waals surface area contributed by atoms with Crippen LogP contribution in [-0.2, 0) is 4.79 Å². The van der Waals surface area contributed by atoms with E-state index in [1.165, 1.54) is 6.92 Å². The van der Waals surface area contributed by atoms with Crippen molar-refractivity contribution in [2.45, 2.75) is 47.0 Å². The van der Waals surface area contributed by atoms with Gasteiger partial charge in [-0.05, 0) is 32.8 Å². The van der Waals surface area contributed by atoms with Gasteiger partial charge in [-0.2, -0.15) is 5.26 Å². The normalized spacial score (nSPS) is 19.2. The number of fused-ring (bicyclic) bond motifs is 1. The molecule has 0 radical (unpaired) electrons. The molecule has 7 heteroatoms. The number of carbonyl (C=O) groups excluding carboxylic acids is 1. The number of carbonyl (C=O) groups is 1. The van der Waals surface area contributed by atoms with Gasteiger partial charge in [-0.3, -0.25) is 14.6 Å². The van der Waals surface area contributed by atoms with E-state index in [9.17, 15) is 23.6 Å². The molecule has 1 aromatic carbocycles. The van der Waals surface area contributed by atoms with Crippen molar-refractivity contribution in [3.8, 4) is 6.07 Å². The molecule has 1 aliphatic rings. The topological polar surface area (TPSA) is 83.4 Å². The molecular weight excluding hydrogens is 390 g/mol. The minimum absolute atomic E-state index is 0.0489. The first-order chi connectivity index (χ1) is 14.1. The van der Waals surface area contributed by atoms with E-state index in [-0.39, 0.29) is 40.6 Å².